The largest absolute Gasteiger partial charge is 0.367 e. The Labute approximate surface area is 96.4 Å². The minimum absolute atomic E-state index is 0.00579. The Morgan fingerprint density at radius 2 is 2.00 bits per heavy atom. The molecule has 0 radical (unpaired) electrons. The SMILES string of the molecule is COC1NCCC2OC(C)C(C)OC21OC. The summed E-state index contributed by atoms with van der Waals surface area (Å²) < 4.78 is 22.9. The van der Waals surface area contributed by atoms with Crippen LogP contribution in [0, 0.1) is 0 Å². The lowest BCUT2D eigenvalue weighted by molar-refractivity contribution is -0.395. The summed E-state index contributed by atoms with van der Waals surface area (Å²) in [6, 6.07) is 0. The molecular weight excluding hydrogens is 210 g/mol. The summed E-state index contributed by atoms with van der Waals surface area (Å²) >= 11 is 0. The van der Waals surface area contributed by atoms with Crippen molar-refractivity contribution in [2.24, 2.45) is 0 Å². The lowest BCUT2D eigenvalue weighted by atomic mass is 9.97. The predicted molar refractivity (Wildman–Crippen MR) is 58.0 cm³/mol. The summed E-state index contributed by atoms with van der Waals surface area (Å²) in [6.45, 7) is 4.86. The van der Waals surface area contributed by atoms with Crippen LogP contribution >= 0.6 is 0 Å². The number of piperidine rings is 1. The Hall–Kier alpha value is -0.200. The van der Waals surface area contributed by atoms with Gasteiger partial charge in [-0.25, -0.2) is 0 Å². The molecule has 2 saturated heterocycles. The molecular formula is C11H21NO4. The second kappa shape index (κ2) is 4.58. The molecule has 1 N–H and O–H groups in total. The zero-order valence-electron chi connectivity index (χ0n) is 10.4. The van der Waals surface area contributed by atoms with Crippen LogP contribution in [0.25, 0.3) is 0 Å². The zero-order chi connectivity index (χ0) is 11.8. The van der Waals surface area contributed by atoms with Crippen molar-refractivity contribution >= 4 is 0 Å². The Kier molecular flexibility index (Phi) is 3.51. The molecule has 5 atom stereocenters. The van der Waals surface area contributed by atoms with Crippen molar-refractivity contribution in [3.05, 3.63) is 0 Å². The Balaban J connectivity index is 2.24. The number of methoxy groups -OCH3 is 2. The third-order valence-electron chi connectivity index (χ3n) is 3.52. The van der Waals surface area contributed by atoms with E-state index in [0.29, 0.717) is 0 Å². The van der Waals surface area contributed by atoms with Crippen LogP contribution in [-0.2, 0) is 18.9 Å². The predicted octanol–water partition coefficient (Wildman–Crippen LogP) is 0.487. The van der Waals surface area contributed by atoms with Gasteiger partial charge < -0.3 is 18.9 Å². The number of hydrogen-bond donors (Lipinski definition) is 1. The molecule has 5 heteroatoms. The molecule has 0 bridgehead atoms. The van der Waals surface area contributed by atoms with Gasteiger partial charge >= 0.3 is 0 Å². The van der Waals surface area contributed by atoms with E-state index in [1.165, 1.54) is 0 Å². The first-order valence-corrected chi connectivity index (χ1v) is 5.78. The van der Waals surface area contributed by atoms with Crippen molar-refractivity contribution in [2.75, 3.05) is 20.8 Å². The van der Waals surface area contributed by atoms with Crippen LogP contribution in [0.1, 0.15) is 20.3 Å². The molecule has 5 nitrogen and oxygen atoms in total. The molecule has 0 saturated carbocycles. The summed E-state index contributed by atoms with van der Waals surface area (Å²) in [5.41, 5.74) is 0. The molecule has 0 spiro atoms. The summed E-state index contributed by atoms with van der Waals surface area (Å²) in [7, 11) is 3.28. The zero-order valence-corrected chi connectivity index (χ0v) is 10.4. The fourth-order valence-electron chi connectivity index (χ4n) is 2.45. The van der Waals surface area contributed by atoms with E-state index in [2.05, 4.69) is 5.32 Å². The third-order valence-corrected chi connectivity index (χ3v) is 3.52. The molecule has 2 aliphatic rings. The Morgan fingerprint density at radius 3 is 2.62 bits per heavy atom. The van der Waals surface area contributed by atoms with E-state index in [1.54, 1.807) is 14.2 Å². The summed E-state index contributed by atoms with van der Waals surface area (Å²) in [5.74, 6) is -0.821. The molecule has 16 heavy (non-hydrogen) atoms. The smallest absolute Gasteiger partial charge is 0.236 e. The molecule has 0 amide bonds. The van der Waals surface area contributed by atoms with Crippen molar-refractivity contribution in [2.45, 2.75) is 50.6 Å². The maximum atomic E-state index is 6.01. The number of nitrogens with one attached hydrogen (secondary N) is 1. The van der Waals surface area contributed by atoms with E-state index in [0.717, 1.165) is 13.0 Å². The average Bonchev–Trinajstić information content (AvgIpc) is 2.30. The van der Waals surface area contributed by atoms with E-state index in [9.17, 15) is 0 Å². The maximum Gasteiger partial charge on any atom is 0.236 e. The van der Waals surface area contributed by atoms with E-state index >= 15 is 0 Å². The monoisotopic (exact) mass is 231 g/mol. The first-order valence-electron chi connectivity index (χ1n) is 5.78. The van der Waals surface area contributed by atoms with Crippen LogP contribution in [0.3, 0.4) is 0 Å². The van der Waals surface area contributed by atoms with E-state index in [1.807, 2.05) is 13.8 Å². The van der Waals surface area contributed by atoms with Gasteiger partial charge in [0.05, 0.1) is 12.2 Å². The lowest BCUT2D eigenvalue weighted by Gasteiger charge is -2.52. The van der Waals surface area contributed by atoms with Gasteiger partial charge in [0.25, 0.3) is 0 Å². The van der Waals surface area contributed by atoms with Crippen LogP contribution < -0.4 is 5.32 Å². The molecule has 94 valence electrons. The van der Waals surface area contributed by atoms with Gasteiger partial charge in [-0.1, -0.05) is 0 Å². The minimum atomic E-state index is -0.821. The summed E-state index contributed by atoms with van der Waals surface area (Å²) in [5, 5.41) is 3.24. The molecule has 2 fully saturated rings. The molecule has 0 aromatic carbocycles. The van der Waals surface area contributed by atoms with Gasteiger partial charge in [-0.3, -0.25) is 5.32 Å². The Morgan fingerprint density at radius 1 is 1.25 bits per heavy atom. The second-order valence-corrected chi connectivity index (χ2v) is 4.44. The normalized spacial score (nSPS) is 48.8. The highest BCUT2D eigenvalue weighted by atomic mass is 16.8. The molecule has 2 heterocycles. The van der Waals surface area contributed by atoms with Gasteiger partial charge in [0.1, 0.15) is 6.10 Å². The highest BCUT2D eigenvalue weighted by Crippen LogP contribution is 2.37. The molecule has 2 rings (SSSR count). The van der Waals surface area contributed by atoms with Gasteiger partial charge in [-0.15, -0.1) is 0 Å². The molecule has 2 aliphatic heterocycles. The molecule has 0 aliphatic carbocycles. The van der Waals surface area contributed by atoms with Crippen molar-refractivity contribution < 1.29 is 18.9 Å². The van der Waals surface area contributed by atoms with Crippen LogP contribution in [0.2, 0.25) is 0 Å². The fraction of sp³-hybridized carbons (Fsp3) is 1.00. The van der Waals surface area contributed by atoms with E-state index < -0.39 is 5.79 Å². The first-order chi connectivity index (χ1) is 7.64. The van der Waals surface area contributed by atoms with Crippen LogP contribution in [0.5, 0.6) is 0 Å². The van der Waals surface area contributed by atoms with Gasteiger partial charge in [0.15, 0.2) is 6.23 Å². The van der Waals surface area contributed by atoms with Crippen molar-refractivity contribution in [3.63, 3.8) is 0 Å². The maximum absolute atomic E-state index is 6.01. The number of ether oxygens (including phenoxy) is 4. The minimum Gasteiger partial charge on any atom is -0.367 e. The first kappa shape index (κ1) is 12.3. The average molecular weight is 231 g/mol. The Bertz CT molecular complexity index is 250. The van der Waals surface area contributed by atoms with Crippen LogP contribution in [0.15, 0.2) is 0 Å². The third kappa shape index (κ3) is 1.76. The highest BCUT2D eigenvalue weighted by molar-refractivity contribution is 4.96. The fourth-order valence-corrected chi connectivity index (χ4v) is 2.45. The van der Waals surface area contributed by atoms with Crippen molar-refractivity contribution in [1.29, 1.82) is 0 Å². The standard InChI is InChI=1S/C11H21NO4/c1-7-8(2)16-11(14-4)9(15-7)5-6-12-10(11)13-3/h7-10,12H,5-6H2,1-4H3. The van der Waals surface area contributed by atoms with E-state index in [-0.39, 0.29) is 24.5 Å². The molecule has 0 aromatic heterocycles. The van der Waals surface area contributed by atoms with Gasteiger partial charge in [0, 0.05) is 20.8 Å². The van der Waals surface area contributed by atoms with Crippen LogP contribution in [-0.4, -0.2) is 51.1 Å². The summed E-state index contributed by atoms with van der Waals surface area (Å²) in [4.78, 5) is 0. The lowest BCUT2D eigenvalue weighted by Crippen LogP contribution is -2.70. The van der Waals surface area contributed by atoms with Crippen molar-refractivity contribution in [3.8, 4) is 0 Å². The number of fused-ring (bicyclic) bond motifs is 1. The van der Waals surface area contributed by atoms with Crippen molar-refractivity contribution in [1.82, 2.24) is 5.32 Å². The molecule has 5 unspecified atom stereocenters. The highest BCUT2D eigenvalue weighted by Gasteiger charge is 2.55. The quantitative estimate of drug-likeness (QED) is 0.749. The van der Waals surface area contributed by atoms with Gasteiger partial charge in [-0.05, 0) is 20.3 Å². The van der Waals surface area contributed by atoms with Crippen LogP contribution in [0.4, 0.5) is 0 Å². The molecule has 0 aromatic rings. The van der Waals surface area contributed by atoms with Gasteiger partial charge in [0.2, 0.25) is 5.79 Å². The van der Waals surface area contributed by atoms with E-state index in [4.69, 9.17) is 18.9 Å². The number of rotatable bonds is 2. The summed E-state index contributed by atoms with van der Waals surface area (Å²) in [6.07, 6.45) is 0.587. The number of hydrogen-bond acceptors (Lipinski definition) is 5. The van der Waals surface area contributed by atoms with Gasteiger partial charge in [-0.2, -0.15) is 0 Å². The second-order valence-electron chi connectivity index (χ2n) is 4.44. The topological polar surface area (TPSA) is 49.0 Å².